The Morgan fingerprint density at radius 2 is 1.68 bits per heavy atom. The summed E-state index contributed by atoms with van der Waals surface area (Å²) in [6, 6.07) is 24.2. The number of benzene rings is 3. The van der Waals surface area contributed by atoms with Crippen molar-refractivity contribution < 1.29 is 9.53 Å². The summed E-state index contributed by atoms with van der Waals surface area (Å²) in [6.45, 7) is 9.37. The molecule has 1 unspecified atom stereocenters. The highest BCUT2D eigenvalue weighted by Crippen LogP contribution is 2.28. The van der Waals surface area contributed by atoms with Crippen LogP contribution >= 0.6 is 0 Å². The largest absolute Gasteiger partial charge is 0.494 e. The maximum Gasteiger partial charge on any atom is 0.244 e. The number of nitrogens with one attached hydrogen (secondary N) is 1. The Morgan fingerprint density at radius 1 is 0.971 bits per heavy atom. The number of para-hydroxylation sites is 2. The summed E-state index contributed by atoms with van der Waals surface area (Å²) in [7, 11) is 0. The SMILES string of the molecule is CCOc1ccc(NC(=O)Cn2c(C(C)c3ccc(CC(C)C)cc3)nc3ccccc32)cc1. The first-order valence-corrected chi connectivity index (χ1v) is 12.0. The lowest BCUT2D eigenvalue weighted by Gasteiger charge is -2.16. The second kappa shape index (κ2) is 10.6. The topological polar surface area (TPSA) is 56.1 Å². The molecule has 4 aromatic rings. The first kappa shape index (κ1) is 23.6. The van der Waals surface area contributed by atoms with Crippen molar-refractivity contribution in [1.29, 1.82) is 0 Å². The van der Waals surface area contributed by atoms with Gasteiger partial charge in [-0.15, -0.1) is 0 Å². The lowest BCUT2D eigenvalue weighted by Crippen LogP contribution is -2.21. The molecule has 5 nitrogen and oxygen atoms in total. The fraction of sp³-hybridized carbons (Fsp3) is 0.310. The fourth-order valence-electron chi connectivity index (χ4n) is 4.30. The molecule has 0 aliphatic heterocycles. The summed E-state index contributed by atoms with van der Waals surface area (Å²) >= 11 is 0. The van der Waals surface area contributed by atoms with Crippen LogP contribution in [0.2, 0.25) is 0 Å². The number of fused-ring (bicyclic) bond motifs is 1. The van der Waals surface area contributed by atoms with Crippen LogP contribution in [0.1, 0.15) is 50.6 Å². The molecule has 1 atom stereocenters. The van der Waals surface area contributed by atoms with Gasteiger partial charge in [0.15, 0.2) is 0 Å². The number of imidazole rings is 1. The maximum atomic E-state index is 13.0. The average Bonchev–Trinajstić information content (AvgIpc) is 3.18. The second-order valence-corrected chi connectivity index (χ2v) is 9.11. The van der Waals surface area contributed by atoms with Crippen LogP contribution in [-0.2, 0) is 17.8 Å². The Bertz CT molecular complexity index is 1240. The summed E-state index contributed by atoms with van der Waals surface area (Å²) in [5.74, 6) is 2.27. The second-order valence-electron chi connectivity index (χ2n) is 9.11. The molecule has 34 heavy (non-hydrogen) atoms. The van der Waals surface area contributed by atoms with E-state index in [-0.39, 0.29) is 18.4 Å². The van der Waals surface area contributed by atoms with Gasteiger partial charge in [0.25, 0.3) is 0 Å². The third kappa shape index (κ3) is 5.48. The van der Waals surface area contributed by atoms with Gasteiger partial charge in [-0.3, -0.25) is 4.79 Å². The van der Waals surface area contributed by atoms with Crippen molar-refractivity contribution in [1.82, 2.24) is 9.55 Å². The number of aromatic nitrogens is 2. The van der Waals surface area contributed by atoms with E-state index in [0.29, 0.717) is 12.5 Å². The molecule has 1 N–H and O–H groups in total. The third-order valence-corrected chi connectivity index (χ3v) is 5.95. The highest BCUT2D eigenvalue weighted by molar-refractivity contribution is 5.91. The average molecular weight is 456 g/mol. The van der Waals surface area contributed by atoms with Crippen LogP contribution in [0.15, 0.2) is 72.8 Å². The molecule has 0 radical (unpaired) electrons. The minimum absolute atomic E-state index is 0.0544. The van der Waals surface area contributed by atoms with E-state index < -0.39 is 0 Å². The number of carbonyl (C=O) groups is 1. The molecule has 0 aliphatic carbocycles. The van der Waals surface area contributed by atoms with Gasteiger partial charge in [-0.1, -0.05) is 57.2 Å². The number of amides is 1. The molecule has 176 valence electrons. The number of hydrogen-bond donors (Lipinski definition) is 1. The van der Waals surface area contributed by atoms with E-state index in [4.69, 9.17) is 9.72 Å². The van der Waals surface area contributed by atoms with Gasteiger partial charge in [-0.05, 0) is 66.8 Å². The highest BCUT2D eigenvalue weighted by atomic mass is 16.5. The Hall–Kier alpha value is -3.60. The van der Waals surface area contributed by atoms with Crippen LogP contribution in [0.3, 0.4) is 0 Å². The van der Waals surface area contributed by atoms with E-state index in [9.17, 15) is 4.79 Å². The Morgan fingerprint density at radius 3 is 2.35 bits per heavy atom. The van der Waals surface area contributed by atoms with Gasteiger partial charge in [0.05, 0.1) is 17.6 Å². The number of rotatable bonds is 9. The van der Waals surface area contributed by atoms with Crippen molar-refractivity contribution in [3.63, 3.8) is 0 Å². The summed E-state index contributed by atoms with van der Waals surface area (Å²) in [4.78, 5) is 17.9. The summed E-state index contributed by atoms with van der Waals surface area (Å²) < 4.78 is 7.52. The van der Waals surface area contributed by atoms with Crippen LogP contribution in [0.4, 0.5) is 5.69 Å². The molecule has 0 aliphatic rings. The number of anilines is 1. The van der Waals surface area contributed by atoms with Crippen molar-refractivity contribution >= 4 is 22.6 Å². The van der Waals surface area contributed by atoms with Crippen LogP contribution in [0.5, 0.6) is 5.75 Å². The van der Waals surface area contributed by atoms with Gasteiger partial charge in [-0.2, -0.15) is 0 Å². The van der Waals surface area contributed by atoms with Gasteiger partial charge in [0, 0.05) is 11.6 Å². The first-order valence-electron chi connectivity index (χ1n) is 12.0. The van der Waals surface area contributed by atoms with Crippen molar-refractivity contribution in [3.8, 4) is 5.75 Å². The molecule has 0 spiro atoms. The number of hydrogen-bond acceptors (Lipinski definition) is 3. The monoisotopic (exact) mass is 455 g/mol. The molecule has 1 amide bonds. The van der Waals surface area contributed by atoms with Crippen molar-refractivity contribution in [3.05, 3.63) is 89.7 Å². The van der Waals surface area contributed by atoms with E-state index in [2.05, 4.69) is 50.4 Å². The smallest absolute Gasteiger partial charge is 0.244 e. The predicted molar refractivity (Wildman–Crippen MR) is 138 cm³/mol. The fourth-order valence-corrected chi connectivity index (χ4v) is 4.30. The normalized spacial score (nSPS) is 12.1. The van der Waals surface area contributed by atoms with E-state index in [1.807, 2.05) is 60.0 Å². The summed E-state index contributed by atoms with van der Waals surface area (Å²) in [5.41, 5.74) is 5.13. The van der Waals surface area contributed by atoms with Gasteiger partial charge in [0.1, 0.15) is 18.1 Å². The first-order chi connectivity index (χ1) is 16.4. The minimum Gasteiger partial charge on any atom is -0.494 e. The van der Waals surface area contributed by atoms with Crippen molar-refractivity contribution in [2.45, 2.75) is 46.6 Å². The lowest BCUT2D eigenvalue weighted by molar-refractivity contribution is -0.116. The molecule has 3 aromatic carbocycles. The number of carbonyl (C=O) groups excluding carboxylic acids is 1. The zero-order valence-corrected chi connectivity index (χ0v) is 20.4. The molecular formula is C29H33N3O2. The van der Waals surface area contributed by atoms with E-state index in [1.165, 1.54) is 11.1 Å². The summed E-state index contributed by atoms with van der Waals surface area (Å²) in [6.07, 6.45) is 1.07. The molecule has 4 rings (SSSR count). The standard InChI is InChI=1S/C29H33N3O2/c1-5-34-25-16-14-24(15-17-25)30-28(33)19-32-27-9-7-6-8-26(27)31-29(32)21(4)23-12-10-22(11-13-23)18-20(2)3/h6-17,20-21H,5,18-19H2,1-4H3,(H,30,33). The Kier molecular flexibility index (Phi) is 7.31. The lowest BCUT2D eigenvalue weighted by atomic mass is 9.96. The van der Waals surface area contributed by atoms with Gasteiger partial charge < -0.3 is 14.6 Å². The Labute approximate surface area is 201 Å². The summed E-state index contributed by atoms with van der Waals surface area (Å²) in [5, 5.41) is 3.00. The van der Waals surface area contributed by atoms with Gasteiger partial charge >= 0.3 is 0 Å². The quantitative estimate of drug-likeness (QED) is 0.317. The van der Waals surface area contributed by atoms with Crippen LogP contribution in [0.25, 0.3) is 11.0 Å². The van der Waals surface area contributed by atoms with E-state index >= 15 is 0 Å². The molecule has 0 saturated heterocycles. The minimum atomic E-state index is -0.0898. The third-order valence-electron chi connectivity index (χ3n) is 5.95. The number of nitrogens with zero attached hydrogens (tertiary/aromatic N) is 2. The van der Waals surface area contributed by atoms with Gasteiger partial charge in [0.2, 0.25) is 5.91 Å². The highest BCUT2D eigenvalue weighted by Gasteiger charge is 2.20. The zero-order chi connectivity index (χ0) is 24.1. The van der Waals surface area contributed by atoms with Crippen molar-refractivity contribution in [2.24, 2.45) is 5.92 Å². The van der Waals surface area contributed by atoms with Crippen LogP contribution < -0.4 is 10.1 Å². The molecule has 0 fully saturated rings. The molecule has 0 bridgehead atoms. The predicted octanol–water partition coefficient (Wildman–Crippen LogP) is 6.42. The zero-order valence-electron chi connectivity index (χ0n) is 20.4. The van der Waals surface area contributed by atoms with Crippen molar-refractivity contribution in [2.75, 3.05) is 11.9 Å². The van der Waals surface area contributed by atoms with Crippen LogP contribution in [-0.4, -0.2) is 22.1 Å². The van der Waals surface area contributed by atoms with E-state index in [1.54, 1.807) is 0 Å². The molecule has 5 heteroatoms. The molecule has 1 aromatic heterocycles. The Balaban J connectivity index is 1.58. The molecule has 0 saturated carbocycles. The van der Waals surface area contributed by atoms with Crippen LogP contribution in [0, 0.1) is 5.92 Å². The molecular weight excluding hydrogens is 422 g/mol. The van der Waals surface area contributed by atoms with Gasteiger partial charge in [-0.25, -0.2) is 4.98 Å². The number of ether oxygens (including phenoxy) is 1. The maximum absolute atomic E-state index is 13.0. The molecule has 1 heterocycles. The van der Waals surface area contributed by atoms with E-state index in [0.717, 1.165) is 34.7 Å².